The van der Waals surface area contributed by atoms with E-state index < -0.39 is 35.0 Å². The van der Waals surface area contributed by atoms with Crippen LogP contribution in [0.2, 0.25) is 5.02 Å². The average molecular weight is 561 g/mol. The fourth-order valence-corrected chi connectivity index (χ4v) is 4.72. The minimum atomic E-state index is -0.893. The molecule has 0 unspecified atom stereocenters. The topological polar surface area (TPSA) is 145 Å². The zero-order valence-electron chi connectivity index (χ0n) is 21.2. The third-order valence-corrected chi connectivity index (χ3v) is 6.53. The standard InChI is InChI=1S/C29H21ClN2O8/c1-3-39-28(37)23-24(31-32(25(23)29(38)40-4-2)16-10-8-15(30)9-11-16)14-12-18-22(20(34)13-14)27(36)21-17(26(18)35)6-5-7-19(21)33/h5-13,33-34H,3-4H2,1-2H3. The van der Waals surface area contributed by atoms with Crippen LogP contribution in [0, 0.1) is 0 Å². The van der Waals surface area contributed by atoms with Crippen LogP contribution in [-0.2, 0) is 9.47 Å². The Morgan fingerprint density at radius 2 is 1.50 bits per heavy atom. The summed E-state index contributed by atoms with van der Waals surface area (Å²) in [6.07, 6.45) is 0. The minimum Gasteiger partial charge on any atom is -0.507 e. The molecule has 5 rings (SSSR count). The number of esters is 2. The fraction of sp³-hybridized carbons (Fsp3) is 0.138. The third kappa shape index (κ3) is 4.28. The number of phenolic OH excluding ortho intramolecular Hbond substituents is 2. The van der Waals surface area contributed by atoms with Crippen molar-refractivity contribution in [2.45, 2.75) is 13.8 Å². The highest BCUT2D eigenvalue weighted by molar-refractivity contribution is 6.31. The number of rotatable bonds is 6. The van der Waals surface area contributed by atoms with Crippen LogP contribution < -0.4 is 0 Å². The predicted molar refractivity (Wildman–Crippen MR) is 143 cm³/mol. The van der Waals surface area contributed by atoms with Crippen LogP contribution in [0.25, 0.3) is 16.9 Å². The lowest BCUT2D eigenvalue weighted by molar-refractivity contribution is 0.0473. The first-order chi connectivity index (χ1) is 19.2. The molecule has 0 aliphatic heterocycles. The molecule has 1 aromatic heterocycles. The summed E-state index contributed by atoms with van der Waals surface area (Å²) in [5.41, 5.74) is -0.907. The van der Waals surface area contributed by atoms with Gasteiger partial charge in [0, 0.05) is 21.7 Å². The van der Waals surface area contributed by atoms with E-state index in [9.17, 15) is 29.4 Å². The second-order valence-electron chi connectivity index (χ2n) is 8.68. The molecule has 202 valence electrons. The Morgan fingerprint density at radius 1 is 0.850 bits per heavy atom. The van der Waals surface area contributed by atoms with Crippen LogP contribution in [0.15, 0.2) is 54.6 Å². The van der Waals surface area contributed by atoms with Gasteiger partial charge in [-0.05, 0) is 56.3 Å². The zero-order chi connectivity index (χ0) is 28.7. The Morgan fingerprint density at radius 3 is 2.17 bits per heavy atom. The number of aromatic hydroxyl groups is 2. The molecular weight excluding hydrogens is 540 g/mol. The van der Waals surface area contributed by atoms with E-state index in [1.165, 1.54) is 28.9 Å². The summed E-state index contributed by atoms with van der Waals surface area (Å²) in [7, 11) is 0. The van der Waals surface area contributed by atoms with Crippen LogP contribution in [0.5, 0.6) is 11.5 Å². The lowest BCUT2D eigenvalue weighted by Gasteiger charge is -2.20. The zero-order valence-corrected chi connectivity index (χ0v) is 22.0. The van der Waals surface area contributed by atoms with Gasteiger partial charge in [0.05, 0.1) is 30.0 Å². The van der Waals surface area contributed by atoms with Crippen molar-refractivity contribution in [3.63, 3.8) is 0 Å². The molecule has 0 atom stereocenters. The monoisotopic (exact) mass is 560 g/mol. The van der Waals surface area contributed by atoms with Gasteiger partial charge in [-0.3, -0.25) is 9.59 Å². The van der Waals surface area contributed by atoms with Gasteiger partial charge < -0.3 is 19.7 Å². The highest BCUT2D eigenvalue weighted by Gasteiger charge is 2.37. The summed E-state index contributed by atoms with van der Waals surface area (Å²) < 4.78 is 11.6. The number of carbonyl (C=O) groups is 4. The van der Waals surface area contributed by atoms with Crippen LogP contribution in [0.3, 0.4) is 0 Å². The number of fused-ring (bicyclic) bond motifs is 2. The number of ketones is 2. The van der Waals surface area contributed by atoms with Gasteiger partial charge in [0.1, 0.15) is 22.8 Å². The van der Waals surface area contributed by atoms with E-state index in [2.05, 4.69) is 5.10 Å². The molecule has 1 heterocycles. The molecule has 0 bridgehead atoms. The summed E-state index contributed by atoms with van der Waals surface area (Å²) in [6.45, 7) is 3.18. The van der Waals surface area contributed by atoms with Crippen LogP contribution in [-0.4, -0.2) is 56.7 Å². The number of hydrogen-bond donors (Lipinski definition) is 2. The van der Waals surface area contributed by atoms with E-state index in [1.54, 1.807) is 38.1 Å². The van der Waals surface area contributed by atoms with Crippen molar-refractivity contribution in [3.05, 3.63) is 93.1 Å². The Kier molecular flexibility index (Phi) is 6.87. The molecular formula is C29H21ClN2O8. The molecule has 3 aromatic carbocycles. The van der Waals surface area contributed by atoms with Gasteiger partial charge in [0.15, 0.2) is 11.5 Å². The van der Waals surface area contributed by atoms with Crippen molar-refractivity contribution in [1.29, 1.82) is 0 Å². The van der Waals surface area contributed by atoms with Gasteiger partial charge in [-0.1, -0.05) is 23.7 Å². The molecule has 0 amide bonds. The molecule has 4 aromatic rings. The van der Waals surface area contributed by atoms with E-state index in [-0.39, 0.29) is 58.0 Å². The van der Waals surface area contributed by atoms with Gasteiger partial charge in [0.25, 0.3) is 0 Å². The smallest absolute Gasteiger partial charge is 0.357 e. The number of nitrogens with zero attached hydrogens (tertiary/aromatic N) is 2. The number of ether oxygens (including phenoxy) is 2. The van der Waals surface area contributed by atoms with E-state index >= 15 is 0 Å². The number of halogens is 1. The van der Waals surface area contributed by atoms with E-state index in [0.29, 0.717) is 10.7 Å². The van der Waals surface area contributed by atoms with Crippen molar-refractivity contribution in [2.24, 2.45) is 0 Å². The van der Waals surface area contributed by atoms with E-state index in [4.69, 9.17) is 21.1 Å². The SMILES string of the molecule is CCOC(=O)c1c(-c2cc(O)c3c(c2)C(=O)c2cccc(O)c2C3=O)nn(-c2ccc(Cl)cc2)c1C(=O)OCC. The first kappa shape index (κ1) is 26.6. The normalized spacial score (nSPS) is 12.1. The largest absolute Gasteiger partial charge is 0.507 e. The Balaban J connectivity index is 1.79. The van der Waals surface area contributed by atoms with Gasteiger partial charge in [-0.25, -0.2) is 14.3 Å². The molecule has 11 heteroatoms. The molecule has 0 spiro atoms. The van der Waals surface area contributed by atoms with Gasteiger partial charge in [0.2, 0.25) is 5.78 Å². The van der Waals surface area contributed by atoms with Crippen LogP contribution >= 0.6 is 11.6 Å². The maximum Gasteiger partial charge on any atom is 0.357 e. The van der Waals surface area contributed by atoms with Crippen molar-refractivity contribution in [3.8, 4) is 28.4 Å². The number of aromatic nitrogens is 2. The summed E-state index contributed by atoms with van der Waals surface area (Å²) >= 11 is 6.03. The molecule has 1 aliphatic rings. The molecule has 0 saturated heterocycles. The molecule has 10 nitrogen and oxygen atoms in total. The fourth-order valence-electron chi connectivity index (χ4n) is 4.59. The number of hydrogen-bond acceptors (Lipinski definition) is 9. The first-order valence-corrected chi connectivity index (χ1v) is 12.6. The van der Waals surface area contributed by atoms with Crippen LogP contribution in [0.1, 0.15) is 66.5 Å². The summed E-state index contributed by atoms with van der Waals surface area (Å²) in [5.74, 6) is -4.09. The highest BCUT2D eigenvalue weighted by Crippen LogP contribution is 2.40. The highest BCUT2D eigenvalue weighted by atomic mass is 35.5. The molecule has 0 saturated carbocycles. The van der Waals surface area contributed by atoms with Crippen molar-refractivity contribution >= 4 is 35.1 Å². The average Bonchev–Trinajstić information content (AvgIpc) is 3.33. The minimum absolute atomic E-state index is 0.00469. The number of carbonyl (C=O) groups excluding carboxylic acids is 4. The molecule has 40 heavy (non-hydrogen) atoms. The van der Waals surface area contributed by atoms with Gasteiger partial charge in [-0.15, -0.1) is 0 Å². The molecule has 0 radical (unpaired) electrons. The number of phenols is 2. The Hall–Kier alpha value is -4.96. The maximum absolute atomic E-state index is 13.4. The Labute approximate surface area is 232 Å². The lowest BCUT2D eigenvalue weighted by atomic mass is 9.82. The van der Waals surface area contributed by atoms with Crippen LogP contribution in [0.4, 0.5) is 0 Å². The predicted octanol–water partition coefficient (Wildman–Crippen LogP) is 4.73. The molecule has 1 aliphatic carbocycles. The quantitative estimate of drug-likeness (QED) is 0.281. The van der Waals surface area contributed by atoms with Crippen molar-refractivity contribution in [1.82, 2.24) is 9.78 Å². The Bertz CT molecular complexity index is 1720. The number of benzene rings is 3. The summed E-state index contributed by atoms with van der Waals surface area (Å²) in [6, 6.07) is 12.8. The summed E-state index contributed by atoms with van der Waals surface area (Å²) in [4.78, 5) is 53.0. The first-order valence-electron chi connectivity index (χ1n) is 12.2. The van der Waals surface area contributed by atoms with Crippen molar-refractivity contribution < 1.29 is 38.9 Å². The molecule has 2 N–H and O–H groups in total. The second kappa shape index (κ2) is 10.3. The van der Waals surface area contributed by atoms with Gasteiger partial charge >= 0.3 is 11.9 Å². The molecule has 0 fully saturated rings. The second-order valence-corrected chi connectivity index (χ2v) is 9.11. The third-order valence-electron chi connectivity index (χ3n) is 6.28. The lowest BCUT2D eigenvalue weighted by Crippen LogP contribution is -2.21. The van der Waals surface area contributed by atoms with Crippen molar-refractivity contribution in [2.75, 3.05) is 13.2 Å². The maximum atomic E-state index is 13.4. The van der Waals surface area contributed by atoms with Gasteiger partial charge in [-0.2, -0.15) is 5.10 Å². The van der Waals surface area contributed by atoms with E-state index in [0.717, 1.165) is 6.07 Å². The van der Waals surface area contributed by atoms with E-state index in [1.807, 2.05) is 0 Å². The summed E-state index contributed by atoms with van der Waals surface area (Å²) in [5, 5.41) is 26.1.